The van der Waals surface area contributed by atoms with E-state index in [-0.39, 0.29) is 6.61 Å². The normalized spacial score (nSPS) is 10.2. The number of nitrogens with zero attached hydrogens (tertiary/aromatic N) is 3. The van der Waals surface area contributed by atoms with E-state index in [1.165, 1.54) is 0 Å². The van der Waals surface area contributed by atoms with Crippen molar-refractivity contribution in [2.75, 3.05) is 0 Å². The van der Waals surface area contributed by atoms with Crippen LogP contribution in [-0.2, 0) is 20.2 Å². The molecule has 4 heteroatoms. The summed E-state index contributed by atoms with van der Waals surface area (Å²) in [5, 5.41) is 17.9. The summed E-state index contributed by atoms with van der Waals surface area (Å²) < 4.78 is 3.90. The molecule has 17 heavy (non-hydrogen) atoms. The highest BCUT2D eigenvalue weighted by atomic mass is 16.3. The van der Waals surface area contributed by atoms with Crippen molar-refractivity contribution in [1.82, 2.24) is 4.57 Å². The molecule has 0 fully saturated rings. The molecule has 0 spiro atoms. The first-order chi connectivity index (χ1) is 8.22. The van der Waals surface area contributed by atoms with Crippen molar-refractivity contribution in [2.24, 2.45) is 7.05 Å². The molecule has 0 radical (unpaired) electrons. The molecule has 0 aliphatic rings. The quantitative estimate of drug-likeness (QED) is 0.787. The first-order valence-corrected chi connectivity index (χ1v) is 5.37. The van der Waals surface area contributed by atoms with Gasteiger partial charge in [-0.05, 0) is 17.7 Å². The number of rotatable bonds is 3. The highest BCUT2D eigenvalue weighted by molar-refractivity contribution is 5.31. The number of hydrogen-bond donors (Lipinski definition) is 1. The van der Waals surface area contributed by atoms with Gasteiger partial charge in [0.25, 0.3) is 0 Å². The molecule has 0 bridgehead atoms. The molecule has 0 saturated heterocycles. The van der Waals surface area contributed by atoms with Gasteiger partial charge in [-0.3, -0.25) is 0 Å². The topological polar surface area (TPSA) is 52.8 Å². The summed E-state index contributed by atoms with van der Waals surface area (Å²) >= 11 is 0. The zero-order valence-electron chi connectivity index (χ0n) is 9.67. The summed E-state index contributed by atoms with van der Waals surface area (Å²) in [4.78, 5) is 0. The van der Waals surface area contributed by atoms with Crippen LogP contribution in [0.25, 0.3) is 0 Å². The SMILES string of the molecule is C[n+]1cc(CO)n(Cc2ccc(C#N)cc2)c1. The number of aliphatic hydroxyl groups excluding tert-OH is 1. The second-order valence-electron chi connectivity index (χ2n) is 4.00. The Morgan fingerprint density at radius 2 is 2.06 bits per heavy atom. The standard InChI is InChI=1S/C13H14N3O/c1-15-8-13(9-17)16(10-15)7-12-4-2-11(6-14)3-5-12/h2-5,8,10,17H,7,9H2,1H3/q+1. The molecule has 0 atom stereocenters. The van der Waals surface area contributed by atoms with Crippen LogP contribution in [0.1, 0.15) is 16.8 Å². The minimum absolute atomic E-state index is 0.0249. The van der Waals surface area contributed by atoms with E-state index in [2.05, 4.69) is 6.07 Å². The number of benzene rings is 1. The van der Waals surface area contributed by atoms with Crippen LogP contribution < -0.4 is 4.57 Å². The van der Waals surface area contributed by atoms with Gasteiger partial charge < -0.3 is 5.11 Å². The molecular formula is C13H14N3O+. The molecule has 4 nitrogen and oxygen atoms in total. The van der Waals surface area contributed by atoms with E-state index in [1.54, 1.807) is 12.1 Å². The molecule has 2 rings (SSSR count). The van der Waals surface area contributed by atoms with Crippen LogP contribution in [0.15, 0.2) is 36.8 Å². The van der Waals surface area contributed by atoms with Crippen molar-refractivity contribution >= 4 is 0 Å². The van der Waals surface area contributed by atoms with Crippen LogP contribution in [0.3, 0.4) is 0 Å². The van der Waals surface area contributed by atoms with E-state index in [9.17, 15) is 5.11 Å². The van der Waals surface area contributed by atoms with E-state index < -0.39 is 0 Å². The van der Waals surface area contributed by atoms with Crippen molar-refractivity contribution in [3.8, 4) is 6.07 Å². The van der Waals surface area contributed by atoms with Crippen molar-refractivity contribution in [3.05, 3.63) is 53.6 Å². The first kappa shape index (κ1) is 11.4. The van der Waals surface area contributed by atoms with Crippen LogP contribution in [0, 0.1) is 11.3 Å². The second-order valence-corrected chi connectivity index (χ2v) is 4.00. The maximum Gasteiger partial charge on any atom is 0.244 e. The molecule has 1 heterocycles. The third kappa shape index (κ3) is 2.52. The van der Waals surface area contributed by atoms with Crippen LogP contribution in [-0.4, -0.2) is 9.67 Å². The molecule has 0 aliphatic heterocycles. The van der Waals surface area contributed by atoms with Gasteiger partial charge in [-0.2, -0.15) is 5.26 Å². The molecule has 2 aromatic rings. The number of hydrogen-bond acceptors (Lipinski definition) is 2. The number of aliphatic hydroxyl groups is 1. The number of nitriles is 1. The van der Waals surface area contributed by atoms with E-state index >= 15 is 0 Å². The summed E-state index contributed by atoms with van der Waals surface area (Å²) in [6, 6.07) is 9.56. The van der Waals surface area contributed by atoms with Crippen LogP contribution in [0.2, 0.25) is 0 Å². The third-order valence-electron chi connectivity index (χ3n) is 2.64. The Balaban J connectivity index is 2.22. The minimum atomic E-state index is 0.0249. The zero-order chi connectivity index (χ0) is 12.3. The third-order valence-corrected chi connectivity index (χ3v) is 2.64. The van der Waals surface area contributed by atoms with Gasteiger partial charge in [-0.25, -0.2) is 9.13 Å². The zero-order valence-corrected chi connectivity index (χ0v) is 9.67. The van der Waals surface area contributed by atoms with E-state index in [1.807, 2.05) is 40.8 Å². The molecule has 0 aliphatic carbocycles. The summed E-state index contributed by atoms with van der Waals surface area (Å²) in [6.45, 7) is 0.722. The van der Waals surface area contributed by atoms with Crippen molar-refractivity contribution in [1.29, 1.82) is 5.26 Å². The fourth-order valence-electron chi connectivity index (χ4n) is 1.79. The van der Waals surface area contributed by atoms with E-state index in [0.29, 0.717) is 12.1 Å². The Morgan fingerprint density at radius 3 is 2.65 bits per heavy atom. The minimum Gasteiger partial charge on any atom is -0.388 e. The molecule has 0 saturated carbocycles. The highest BCUT2D eigenvalue weighted by Crippen LogP contribution is 2.07. The van der Waals surface area contributed by atoms with Gasteiger partial charge in [0, 0.05) is 0 Å². The molecule has 1 aromatic heterocycles. The molecule has 1 aromatic carbocycles. The monoisotopic (exact) mass is 228 g/mol. The summed E-state index contributed by atoms with van der Waals surface area (Å²) in [6.07, 6.45) is 3.83. The van der Waals surface area contributed by atoms with E-state index in [0.717, 1.165) is 11.3 Å². The largest absolute Gasteiger partial charge is 0.388 e. The highest BCUT2D eigenvalue weighted by Gasteiger charge is 2.10. The van der Waals surface area contributed by atoms with Gasteiger partial charge in [0.2, 0.25) is 6.33 Å². The second kappa shape index (κ2) is 4.81. The van der Waals surface area contributed by atoms with Crippen molar-refractivity contribution in [3.63, 3.8) is 0 Å². The predicted molar refractivity (Wildman–Crippen MR) is 61.8 cm³/mol. The number of aromatic nitrogens is 2. The van der Waals surface area contributed by atoms with Gasteiger partial charge in [0.15, 0.2) is 5.69 Å². The average molecular weight is 228 g/mol. The summed E-state index contributed by atoms with van der Waals surface area (Å²) in [5.41, 5.74) is 2.64. The van der Waals surface area contributed by atoms with Gasteiger partial charge >= 0.3 is 0 Å². The molecule has 86 valence electrons. The Kier molecular flexibility index (Phi) is 3.22. The van der Waals surface area contributed by atoms with Crippen LogP contribution in [0.4, 0.5) is 0 Å². The molecule has 0 amide bonds. The maximum atomic E-state index is 9.21. The van der Waals surface area contributed by atoms with Crippen molar-refractivity contribution < 1.29 is 9.67 Å². The maximum absolute atomic E-state index is 9.21. The fourth-order valence-corrected chi connectivity index (χ4v) is 1.79. The predicted octanol–water partition coefficient (Wildman–Crippen LogP) is 0.725. The Hall–Kier alpha value is -2.12. The average Bonchev–Trinajstić information content (AvgIpc) is 2.70. The lowest BCUT2D eigenvalue weighted by molar-refractivity contribution is -0.671. The lowest BCUT2D eigenvalue weighted by Gasteiger charge is -2.00. The Morgan fingerprint density at radius 1 is 1.35 bits per heavy atom. The smallest absolute Gasteiger partial charge is 0.244 e. The fraction of sp³-hybridized carbons (Fsp3) is 0.231. The summed E-state index contributed by atoms with van der Waals surface area (Å²) in [5.74, 6) is 0. The van der Waals surface area contributed by atoms with E-state index in [4.69, 9.17) is 5.26 Å². The molecule has 0 unspecified atom stereocenters. The van der Waals surface area contributed by atoms with Gasteiger partial charge in [-0.1, -0.05) is 12.1 Å². The Labute approximate surface area is 100.0 Å². The lowest BCUT2D eigenvalue weighted by atomic mass is 10.1. The van der Waals surface area contributed by atoms with Gasteiger partial charge in [-0.15, -0.1) is 0 Å². The number of imidazole rings is 1. The Bertz CT molecular complexity index is 549. The lowest BCUT2D eigenvalue weighted by Crippen LogP contribution is -2.23. The van der Waals surface area contributed by atoms with Crippen LogP contribution in [0.5, 0.6) is 0 Å². The van der Waals surface area contributed by atoms with Gasteiger partial charge in [0.05, 0.1) is 18.7 Å². The molecule has 1 N–H and O–H groups in total. The number of aryl methyl sites for hydroxylation is 1. The first-order valence-electron chi connectivity index (χ1n) is 5.37. The van der Waals surface area contributed by atoms with Gasteiger partial charge in [0.1, 0.15) is 19.3 Å². The molecular weight excluding hydrogens is 214 g/mol. The van der Waals surface area contributed by atoms with Crippen LogP contribution >= 0.6 is 0 Å². The van der Waals surface area contributed by atoms with Crippen molar-refractivity contribution in [2.45, 2.75) is 13.2 Å². The summed E-state index contributed by atoms with van der Waals surface area (Å²) in [7, 11) is 1.93.